The van der Waals surface area contributed by atoms with Crippen LogP contribution in [-0.4, -0.2) is 54.0 Å². The topological polar surface area (TPSA) is 63.7 Å². The smallest absolute Gasteiger partial charge is 0.232 e. The number of rotatable bonds is 5. The van der Waals surface area contributed by atoms with Gasteiger partial charge < -0.3 is 19.7 Å². The second kappa shape index (κ2) is 7.36. The molecule has 1 fully saturated rings. The van der Waals surface area contributed by atoms with Gasteiger partial charge in [0.05, 0.1) is 11.7 Å². The number of hydrogen-bond donors (Lipinski definition) is 0. The second-order valence-corrected chi connectivity index (χ2v) is 6.30. The fraction of sp³-hybridized carbons (Fsp3) is 0.467. The molecule has 1 aromatic carbocycles. The van der Waals surface area contributed by atoms with Gasteiger partial charge in [0, 0.05) is 37.1 Å². The number of carboxylic acid groups (broad SMARTS) is 1. The number of carbonyl (C=O) groups is 2. The average Bonchev–Trinajstić information content (AvgIpc) is 2.53. The molecule has 114 valence electrons. The normalized spacial score (nSPS) is 16.6. The molecular formula is C15H19N2O3S-. The van der Waals surface area contributed by atoms with Crippen LogP contribution in [0.25, 0.3) is 0 Å². The minimum Gasteiger partial charge on any atom is -0.549 e. The number of carboxylic acids is 1. The molecule has 0 spiro atoms. The van der Waals surface area contributed by atoms with E-state index in [9.17, 15) is 14.7 Å². The van der Waals surface area contributed by atoms with E-state index in [1.54, 1.807) is 11.8 Å². The maximum atomic E-state index is 12.0. The number of nitrogens with zero attached hydrogens (tertiary/aromatic N) is 2. The van der Waals surface area contributed by atoms with E-state index in [1.165, 1.54) is 5.69 Å². The van der Waals surface area contributed by atoms with E-state index in [4.69, 9.17) is 0 Å². The van der Waals surface area contributed by atoms with Gasteiger partial charge in [0.15, 0.2) is 0 Å². The van der Waals surface area contributed by atoms with Gasteiger partial charge in [-0.3, -0.25) is 4.79 Å². The van der Waals surface area contributed by atoms with E-state index in [-0.39, 0.29) is 11.7 Å². The number of benzene rings is 1. The highest BCUT2D eigenvalue weighted by Gasteiger charge is 2.21. The van der Waals surface area contributed by atoms with E-state index in [0.717, 1.165) is 24.9 Å². The number of hydrogen-bond acceptors (Lipinski definition) is 5. The maximum absolute atomic E-state index is 12.0. The SMILES string of the molecule is C[C@@H](SCC(=O)N1CCN(c2ccccc2)CC1)C(=O)[O-]. The summed E-state index contributed by atoms with van der Waals surface area (Å²) in [6.07, 6.45) is 0. The fourth-order valence-electron chi connectivity index (χ4n) is 2.21. The molecule has 0 aromatic heterocycles. The van der Waals surface area contributed by atoms with Crippen LogP contribution in [0, 0.1) is 0 Å². The van der Waals surface area contributed by atoms with Crippen molar-refractivity contribution in [3.8, 4) is 0 Å². The highest BCUT2D eigenvalue weighted by atomic mass is 32.2. The van der Waals surface area contributed by atoms with Crippen LogP contribution in [0.4, 0.5) is 5.69 Å². The highest BCUT2D eigenvalue weighted by molar-refractivity contribution is 8.01. The molecule has 5 nitrogen and oxygen atoms in total. The summed E-state index contributed by atoms with van der Waals surface area (Å²) in [5.74, 6) is -0.928. The molecule has 2 rings (SSSR count). The van der Waals surface area contributed by atoms with Crippen molar-refractivity contribution in [2.45, 2.75) is 12.2 Å². The number of amides is 1. The predicted molar refractivity (Wildman–Crippen MR) is 82.2 cm³/mol. The molecule has 0 saturated carbocycles. The van der Waals surface area contributed by atoms with Gasteiger partial charge in [-0.15, -0.1) is 11.8 Å². The lowest BCUT2D eigenvalue weighted by molar-refractivity contribution is -0.304. The summed E-state index contributed by atoms with van der Waals surface area (Å²) in [6.45, 7) is 4.50. The van der Waals surface area contributed by atoms with Gasteiger partial charge in [0.1, 0.15) is 0 Å². The quantitative estimate of drug-likeness (QED) is 0.778. The Morgan fingerprint density at radius 3 is 2.38 bits per heavy atom. The Morgan fingerprint density at radius 1 is 1.19 bits per heavy atom. The molecule has 21 heavy (non-hydrogen) atoms. The molecule has 0 N–H and O–H groups in total. The van der Waals surface area contributed by atoms with Crippen molar-refractivity contribution in [3.63, 3.8) is 0 Å². The molecule has 0 unspecified atom stereocenters. The molecule has 6 heteroatoms. The van der Waals surface area contributed by atoms with Crippen molar-refractivity contribution in [1.29, 1.82) is 0 Å². The summed E-state index contributed by atoms with van der Waals surface area (Å²) in [4.78, 5) is 26.7. The molecule has 1 saturated heterocycles. The summed E-state index contributed by atoms with van der Waals surface area (Å²) in [7, 11) is 0. The number of aliphatic carboxylic acids is 1. The predicted octanol–water partition coefficient (Wildman–Crippen LogP) is 0.207. The van der Waals surface area contributed by atoms with Gasteiger partial charge >= 0.3 is 0 Å². The first-order valence-corrected chi connectivity index (χ1v) is 8.03. The van der Waals surface area contributed by atoms with Crippen molar-refractivity contribution in [2.75, 3.05) is 36.8 Å². The van der Waals surface area contributed by atoms with Gasteiger partial charge in [-0.05, 0) is 19.1 Å². The minimum atomic E-state index is -1.12. The summed E-state index contributed by atoms with van der Waals surface area (Å²) in [5.41, 5.74) is 1.17. The van der Waals surface area contributed by atoms with Gasteiger partial charge in [0.2, 0.25) is 5.91 Å². The molecule has 0 bridgehead atoms. The zero-order valence-electron chi connectivity index (χ0n) is 12.0. The largest absolute Gasteiger partial charge is 0.549 e. The van der Waals surface area contributed by atoms with E-state index in [1.807, 2.05) is 18.2 Å². The minimum absolute atomic E-state index is 0.000752. The first kappa shape index (κ1) is 15.7. The molecule has 0 radical (unpaired) electrons. The Balaban J connectivity index is 1.78. The van der Waals surface area contributed by atoms with Crippen LogP contribution in [0.15, 0.2) is 30.3 Å². The van der Waals surface area contributed by atoms with Crippen LogP contribution in [0.1, 0.15) is 6.92 Å². The summed E-state index contributed by atoms with van der Waals surface area (Å²) in [6, 6.07) is 10.1. The molecule has 1 aliphatic heterocycles. The second-order valence-electron chi connectivity index (χ2n) is 4.98. The van der Waals surface area contributed by atoms with Crippen molar-refractivity contribution >= 4 is 29.3 Å². The van der Waals surface area contributed by atoms with Gasteiger partial charge in [-0.2, -0.15) is 0 Å². The Bertz CT molecular complexity index is 487. The molecule has 1 aliphatic rings. The van der Waals surface area contributed by atoms with Crippen LogP contribution in [-0.2, 0) is 9.59 Å². The number of anilines is 1. The first-order valence-electron chi connectivity index (χ1n) is 6.98. The average molecular weight is 307 g/mol. The zero-order valence-corrected chi connectivity index (χ0v) is 12.8. The van der Waals surface area contributed by atoms with E-state index < -0.39 is 11.2 Å². The summed E-state index contributed by atoms with van der Waals surface area (Å²) < 4.78 is 0. The van der Waals surface area contributed by atoms with Crippen molar-refractivity contribution in [1.82, 2.24) is 4.90 Å². The first-order chi connectivity index (χ1) is 10.1. The van der Waals surface area contributed by atoms with Crippen LogP contribution < -0.4 is 10.0 Å². The highest BCUT2D eigenvalue weighted by Crippen LogP contribution is 2.17. The lowest BCUT2D eigenvalue weighted by Crippen LogP contribution is -2.49. The maximum Gasteiger partial charge on any atom is 0.232 e. The zero-order chi connectivity index (χ0) is 15.2. The van der Waals surface area contributed by atoms with Crippen LogP contribution in [0.3, 0.4) is 0 Å². The molecule has 1 atom stereocenters. The van der Waals surface area contributed by atoms with E-state index in [2.05, 4.69) is 17.0 Å². The van der Waals surface area contributed by atoms with E-state index >= 15 is 0 Å². The van der Waals surface area contributed by atoms with Gasteiger partial charge in [0.25, 0.3) is 0 Å². The lowest BCUT2D eigenvalue weighted by atomic mass is 10.2. The Labute approximate surface area is 128 Å². The third-order valence-electron chi connectivity index (χ3n) is 3.54. The Morgan fingerprint density at radius 2 is 1.81 bits per heavy atom. The Kier molecular flexibility index (Phi) is 5.50. The van der Waals surface area contributed by atoms with Crippen LogP contribution >= 0.6 is 11.8 Å². The monoisotopic (exact) mass is 307 g/mol. The van der Waals surface area contributed by atoms with E-state index in [0.29, 0.717) is 13.1 Å². The van der Waals surface area contributed by atoms with Crippen LogP contribution in [0.2, 0.25) is 0 Å². The Hall–Kier alpha value is -1.69. The number of thioether (sulfide) groups is 1. The molecule has 1 heterocycles. The number of carbonyl (C=O) groups excluding carboxylic acids is 2. The van der Waals surface area contributed by atoms with Crippen molar-refractivity contribution in [2.24, 2.45) is 0 Å². The molecular weight excluding hydrogens is 288 g/mol. The molecule has 0 aliphatic carbocycles. The standard InChI is InChI=1S/C15H20N2O3S/c1-12(15(19)20)21-11-14(18)17-9-7-16(8-10-17)13-5-3-2-4-6-13/h2-6,12H,7-11H2,1H3,(H,19,20)/p-1/t12-/m1/s1. The van der Waals surface area contributed by atoms with Crippen molar-refractivity contribution < 1.29 is 14.7 Å². The fourth-order valence-corrected chi connectivity index (χ4v) is 2.92. The lowest BCUT2D eigenvalue weighted by Gasteiger charge is -2.36. The van der Waals surface area contributed by atoms with Gasteiger partial charge in [-0.25, -0.2) is 0 Å². The summed E-state index contributed by atoms with van der Waals surface area (Å²) in [5, 5.41) is 9.97. The van der Waals surface area contributed by atoms with Gasteiger partial charge in [-0.1, -0.05) is 18.2 Å². The molecule has 1 amide bonds. The third-order valence-corrected chi connectivity index (χ3v) is 4.65. The van der Waals surface area contributed by atoms with Crippen LogP contribution in [0.5, 0.6) is 0 Å². The third kappa shape index (κ3) is 4.39. The number of piperazine rings is 1. The number of para-hydroxylation sites is 1. The van der Waals surface area contributed by atoms with Crippen molar-refractivity contribution in [3.05, 3.63) is 30.3 Å². The molecule has 1 aromatic rings. The summed E-state index contributed by atoms with van der Waals surface area (Å²) >= 11 is 1.12.